The molecule has 0 fully saturated rings. The van der Waals surface area contributed by atoms with Gasteiger partial charge in [-0.05, 0) is 51.8 Å². The second kappa shape index (κ2) is 6.29. The molecular weight excluding hydrogens is 390 g/mol. The summed E-state index contributed by atoms with van der Waals surface area (Å²) in [4.78, 5) is -0.0832. The highest BCUT2D eigenvalue weighted by atomic mass is 79.9. The first-order chi connectivity index (χ1) is 9.75. The Bertz CT molecular complexity index is 761. The topological polar surface area (TPSA) is 43.4 Å². The minimum absolute atomic E-state index is 0.0692. The Morgan fingerprint density at radius 3 is 2.24 bits per heavy atom. The normalized spacial score (nSPS) is 11.4. The Labute approximate surface area is 133 Å². The molecule has 0 aliphatic carbocycles. The smallest absolute Gasteiger partial charge is 0.261 e. The summed E-state index contributed by atoms with van der Waals surface area (Å²) >= 11 is 3.15. The predicted octanol–water partition coefficient (Wildman–Crippen LogP) is 4.23. The van der Waals surface area contributed by atoms with Gasteiger partial charge in [-0.25, -0.2) is 17.2 Å². The predicted molar refractivity (Wildman–Crippen MR) is 77.9 cm³/mol. The Morgan fingerprint density at radius 2 is 1.71 bits per heavy atom. The first-order valence-electron chi connectivity index (χ1n) is 5.58. The van der Waals surface area contributed by atoms with E-state index < -0.39 is 20.7 Å². The molecule has 0 radical (unpaired) electrons. The molecule has 0 amide bonds. The number of halogens is 4. The van der Waals surface area contributed by atoms with Crippen molar-refractivity contribution >= 4 is 35.7 Å². The molecule has 0 saturated heterocycles. The maximum absolute atomic E-state index is 13.0. The van der Waals surface area contributed by atoms with E-state index >= 15 is 0 Å². The van der Waals surface area contributed by atoms with Crippen LogP contribution in [0.4, 0.5) is 8.78 Å². The lowest BCUT2D eigenvalue weighted by Gasteiger charge is -2.09. The van der Waals surface area contributed by atoms with Crippen LogP contribution in [-0.4, -0.2) is 8.42 Å². The molecule has 0 N–H and O–H groups in total. The van der Waals surface area contributed by atoms with Crippen molar-refractivity contribution in [3.63, 3.8) is 0 Å². The van der Waals surface area contributed by atoms with Crippen molar-refractivity contribution in [3.8, 4) is 5.75 Å². The van der Waals surface area contributed by atoms with E-state index in [0.29, 0.717) is 15.8 Å². The molecule has 0 heterocycles. The Kier molecular flexibility index (Phi) is 4.85. The van der Waals surface area contributed by atoms with Gasteiger partial charge in [-0.1, -0.05) is 0 Å². The lowest BCUT2D eigenvalue weighted by atomic mass is 10.2. The zero-order valence-corrected chi connectivity index (χ0v) is 13.5. The summed E-state index contributed by atoms with van der Waals surface area (Å²) in [7, 11) is 1.38. The number of hydrogen-bond donors (Lipinski definition) is 0. The summed E-state index contributed by atoms with van der Waals surface area (Å²) in [5.74, 6) is -1.07. The average Bonchev–Trinajstić information content (AvgIpc) is 2.35. The molecule has 0 spiro atoms. The van der Waals surface area contributed by atoms with Gasteiger partial charge in [-0.3, -0.25) is 0 Å². The second-order valence-corrected chi connectivity index (χ2v) is 7.52. The van der Waals surface area contributed by atoms with E-state index in [2.05, 4.69) is 15.9 Å². The minimum atomic E-state index is -3.83. The SMILES string of the molecule is O=S(=O)(Cl)c1ccc(OCc2cc(F)cc(F)c2)c(Br)c1. The monoisotopic (exact) mass is 396 g/mol. The molecule has 8 heteroatoms. The summed E-state index contributed by atoms with van der Waals surface area (Å²) < 4.78 is 54.1. The minimum Gasteiger partial charge on any atom is -0.488 e. The summed E-state index contributed by atoms with van der Waals surface area (Å²) in [5, 5.41) is 0. The lowest BCUT2D eigenvalue weighted by molar-refractivity contribution is 0.302. The van der Waals surface area contributed by atoms with E-state index in [9.17, 15) is 17.2 Å². The second-order valence-electron chi connectivity index (χ2n) is 4.10. The van der Waals surface area contributed by atoms with Crippen LogP contribution < -0.4 is 4.74 Å². The third-order valence-electron chi connectivity index (χ3n) is 2.50. The number of hydrogen-bond acceptors (Lipinski definition) is 3. The molecule has 3 nitrogen and oxygen atoms in total. The van der Waals surface area contributed by atoms with Crippen LogP contribution in [0.1, 0.15) is 5.56 Å². The molecule has 112 valence electrons. The standard InChI is InChI=1S/C13H8BrClF2O3S/c14-12-6-11(21(15,18)19)1-2-13(12)20-7-8-3-9(16)5-10(17)4-8/h1-6H,7H2. The van der Waals surface area contributed by atoms with Crippen LogP contribution in [0.15, 0.2) is 45.8 Å². The Balaban J connectivity index is 2.17. The van der Waals surface area contributed by atoms with Gasteiger partial charge in [0.25, 0.3) is 9.05 Å². The van der Waals surface area contributed by atoms with Gasteiger partial charge in [0.1, 0.15) is 24.0 Å². The van der Waals surface area contributed by atoms with Crippen LogP contribution in [-0.2, 0) is 15.7 Å². The van der Waals surface area contributed by atoms with Gasteiger partial charge >= 0.3 is 0 Å². The summed E-state index contributed by atoms with van der Waals surface area (Å²) in [6.07, 6.45) is 0. The zero-order valence-electron chi connectivity index (χ0n) is 10.3. The van der Waals surface area contributed by atoms with Crippen LogP contribution in [0, 0.1) is 11.6 Å². The highest BCUT2D eigenvalue weighted by Gasteiger charge is 2.13. The Morgan fingerprint density at radius 1 is 1.10 bits per heavy atom. The van der Waals surface area contributed by atoms with Gasteiger partial charge in [-0.15, -0.1) is 0 Å². The lowest BCUT2D eigenvalue weighted by Crippen LogP contribution is -1.99. The molecular formula is C13H8BrClF2O3S. The average molecular weight is 398 g/mol. The first kappa shape index (κ1) is 16.2. The van der Waals surface area contributed by atoms with Crippen molar-refractivity contribution in [2.24, 2.45) is 0 Å². The van der Waals surface area contributed by atoms with Gasteiger partial charge in [0.2, 0.25) is 0 Å². The summed E-state index contributed by atoms with van der Waals surface area (Å²) in [5.41, 5.74) is 0.313. The molecule has 0 bridgehead atoms. The molecule has 0 atom stereocenters. The maximum atomic E-state index is 13.0. The van der Waals surface area contributed by atoms with Crippen LogP contribution in [0.3, 0.4) is 0 Å². The summed E-state index contributed by atoms with van der Waals surface area (Å²) in [6.45, 7) is -0.0692. The quantitative estimate of drug-likeness (QED) is 0.725. The largest absolute Gasteiger partial charge is 0.488 e. The van der Waals surface area contributed by atoms with Gasteiger partial charge in [-0.2, -0.15) is 0 Å². The fraction of sp³-hybridized carbons (Fsp3) is 0.0769. The third kappa shape index (κ3) is 4.39. The van der Waals surface area contributed by atoms with Gasteiger partial charge < -0.3 is 4.74 Å². The van der Waals surface area contributed by atoms with Gasteiger partial charge in [0.15, 0.2) is 0 Å². The van der Waals surface area contributed by atoms with E-state index in [1.165, 1.54) is 18.2 Å². The molecule has 0 unspecified atom stereocenters. The highest BCUT2D eigenvalue weighted by molar-refractivity contribution is 9.10. The van der Waals surface area contributed by atoms with Crippen molar-refractivity contribution in [3.05, 3.63) is 58.1 Å². The van der Waals surface area contributed by atoms with Crippen molar-refractivity contribution in [1.29, 1.82) is 0 Å². The summed E-state index contributed by atoms with van der Waals surface area (Å²) in [6, 6.07) is 7.01. The van der Waals surface area contributed by atoms with E-state index in [1.54, 1.807) is 0 Å². The van der Waals surface area contributed by atoms with Gasteiger partial charge in [0.05, 0.1) is 9.37 Å². The fourth-order valence-corrected chi connectivity index (χ4v) is 3.03. The molecule has 0 aliphatic heterocycles. The van der Waals surface area contributed by atoms with Crippen molar-refractivity contribution < 1.29 is 21.9 Å². The number of ether oxygens (including phenoxy) is 1. The molecule has 0 aliphatic rings. The van der Waals surface area contributed by atoms with Crippen LogP contribution in [0.5, 0.6) is 5.75 Å². The first-order valence-corrected chi connectivity index (χ1v) is 8.68. The molecule has 21 heavy (non-hydrogen) atoms. The molecule has 2 aromatic rings. The number of rotatable bonds is 4. The van der Waals surface area contributed by atoms with Crippen molar-refractivity contribution in [2.45, 2.75) is 11.5 Å². The third-order valence-corrected chi connectivity index (χ3v) is 4.47. The number of benzene rings is 2. The van der Waals surface area contributed by atoms with E-state index in [-0.39, 0.29) is 11.5 Å². The van der Waals surface area contributed by atoms with E-state index in [4.69, 9.17) is 15.4 Å². The van der Waals surface area contributed by atoms with Crippen molar-refractivity contribution in [1.82, 2.24) is 0 Å². The molecule has 2 rings (SSSR count). The van der Waals surface area contributed by atoms with Crippen LogP contribution >= 0.6 is 26.6 Å². The van der Waals surface area contributed by atoms with Crippen molar-refractivity contribution in [2.75, 3.05) is 0 Å². The highest BCUT2D eigenvalue weighted by Crippen LogP contribution is 2.29. The maximum Gasteiger partial charge on any atom is 0.261 e. The fourth-order valence-electron chi connectivity index (χ4n) is 1.61. The molecule has 2 aromatic carbocycles. The van der Waals surface area contributed by atoms with E-state index in [1.807, 2.05) is 0 Å². The van der Waals surface area contributed by atoms with Crippen LogP contribution in [0.2, 0.25) is 0 Å². The zero-order chi connectivity index (χ0) is 15.6. The molecule has 0 aromatic heterocycles. The van der Waals surface area contributed by atoms with Crippen LogP contribution in [0.25, 0.3) is 0 Å². The van der Waals surface area contributed by atoms with Gasteiger partial charge in [0, 0.05) is 16.7 Å². The Hall–Kier alpha value is -1.18. The molecule has 0 saturated carbocycles. The van der Waals surface area contributed by atoms with E-state index in [0.717, 1.165) is 18.2 Å².